The zero-order valence-corrected chi connectivity index (χ0v) is 11.4. The van der Waals surface area contributed by atoms with Gasteiger partial charge in [0.25, 0.3) is 0 Å². The van der Waals surface area contributed by atoms with Gasteiger partial charge in [-0.25, -0.2) is 4.98 Å². The second-order valence-electron chi connectivity index (χ2n) is 4.47. The van der Waals surface area contributed by atoms with Gasteiger partial charge in [-0.1, -0.05) is 0 Å². The molecule has 112 valence electrons. The maximum Gasteiger partial charge on any atom is 0.381 e. The number of aryl methyl sites for hydroxylation is 2. The Balaban J connectivity index is 1.61. The normalized spacial score (nSPS) is 10.5. The third-order valence-electron chi connectivity index (χ3n) is 2.87. The number of hydrogen-bond acceptors (Lipinski definition) is 5. The van der Waals surface area contributed by atoms with Gasteiger partial charge in [0.1, 0.15) is 12.0 Å². The van der Waals surface area contributed by atoms with Crippen LogP contribution in [0.2, 0.25) is 0 Å². The van der Waals surface area contributed by atoms with Gasteiger partial charge in [-0.3, -0.25) is 4.79 Å². The number of imidazole rings is 2. The first-order chi connectivity index (χ1) is 10.1. The summed E-state index contributed by atoms with van der Waals surface area (Å²) < 4.78 is 1.53. The molecule has 9 nitrogen and oxygen atoms in total. The smallest absolute Gasteiger partial charge is 0.358 e. The lowest BCUT2D eigenvalue weighted by Gasteiger charge is -2.04. The van der Waals surface area contributed by atoms with Crippen LogP contribution in [0.5, 0.6) is 0 Å². The van der Waals surface area contributed by atoms with Crippen LogP contribution in [-0.2, 0) is 17.8 Å². The van der Waals surface area contributed by atoms with Gasteiger partial charge in [-0.05, 0) is 16.3 Å². The van der Waals surface area contributed by atoms with Crippen molar-refractivity contribution in [3.63, 3.8) is 0 Å². The molecule has 0 atom stereocenters. The van der Waals surface area contributed by atoms with Gasteiger partial charge < -0.3 is 25.0 Å². The summed E-state index contributed by atoms with van der Waals surface area (Å²) in [6.07, 6.45) is 7.95. The van der Waals surface area contributed by atoms with Crippen molar-refractivity contribution in [2.45, 2.75) is 25.8 Å². The lowest BCUT2D eigenvalue weighted by Crippen LogP contribution is -2.25. The van der Waals surface area contributed by atoms with E-state index >= 15 is 0 Å². The third kappa shape index (κ3) is 4.71. The first kappa shape index (κ1) is 14.7. The number of aromatic amines is 1. The van der Waals surface area contributed by atoms with E-state index < -0.39 is 4.92 Å². The Morgan fingerprint density at radius 1 is 1.48 bits per heavy atom. The fourth-order valence-electron chi connectivity index (χ4n) is 1.80. The fourth-order valence-corrected chi connectivity index (χ4v) is 1.80. The molecule has 2 aromatic heterocycles. The lowest BCUT2D eigenvalue weighted by molar-refractivity contribution is -0.389. The number of carbonyl (C=O) groups excluding carboxylic acids is 1. The van der Waals surface area contributed by atoms with E-state index in [1.165, 1.54) is 17.1 Å². The molecule has 2 heterocycles. The number of aromatic nitrogens is 4. The summed E-state index contributed by atoms with van der Waals surface area (Å²) in [5, 5.41) is 13.3. The van der Waals surface area contributed by atoms with Crippen LogP contribution in [0.25, 0.3) is 0 Å². The van der Waals surface area contributed by atoms with Crippen LogP contribution in [0.3, 0.4) is 0 Å². The highest BCUT2D eigenvalue weighted by molar-refractivity contribution is 5.75. The predicted octanol–water partition coefficient (Wildman–Crippen LogP) is 0.653. The monoisotopic (exact) mass is 292 g/mol. The first-order valence-electron chi connectivity index (χ1n) is 6.56. The summed E-state index contributed by atoms with van der Waals surface area (Å²) in [4.78, 5) is 32.2. The molecular weight excluding hydrogens is 276 g/mol. The highest BCUT2D eigenvalue weighted by Gasteiger charge is 2.10. The van der Waals surface area contributed by atoms with Crippen LogP contribution in [0.15, 0.2) is 24.9 Å². The fraction of sp³-hybridized carbons (Fsp3) is 0.417. The summed E-state index contributed by atoms with van der Waals surface area (Å²) in [6.45, 7) is 0.939. The van der Waals surface area contributed by atoms with Crippen molar-refractivity contribution in [1.29, 1.82) is 0 Å². The van der Waals surface area contributed by atoms with Crippen molar-refractivity contribution >= 4 is 11.7 Å². The lowest BCUT2D eigenvalue weighted by atomic mass is 10.3. The highest BCUT2D eigenvalue weighted by Crippen LogP contribution is 2.05. The molecule has 0 bridgehead atoms. The molecular formula is C12H16N6O3. The van der Waals surface area contributed by atoms with Crippen LogP contribution in [0.4, 0.5) is 5.82 Å². The van der Waals surface area contributed by atoms with E-state index in [-0.39, 0.29) is 18.1 Å². The second kappa shape index (κ2) is 7.17. The molecule has 2 aromatic rings. The van der Waals surface area contributed by atoms with Gasteiger partial charge in [0.15, 0.2) is 0 Å². The minimum atomic E-state index is -0.564. The summed E-state index contributed by atoms with van der Waals surface area (Å²) >= 11 is 0. The second-order valence-corrected chi connectivity index (χ2v) is 4.47. The number of nitrogens with one attached hydrogen (secondary N) is 2. The van der Waals surface area contributed by atoms with E-state index in [9.17, 15) is 14.9 Å². The molecule has 0 fully saturated rings. The van der Waals surface area contributed by atoms with Crippen molar-refractivity contribution in [2.75, 3.05) is 6.54 Å². The number of rotatable bonds is 8. The minimum Gasteiger partial charge on any atom is -0.358 e. The number of nitrogens with zero attached hydrogens (tertiary/aromatic N) is 4. The molecule has 1 amide bonds. The molecule has 2 N–H and O–H groups in total. The van der Waals surface area contributed by atoms with Gasteiger partial charge >= 0.3 is 5.82 Å². The Morgan fingerprint density at radius 3 is 3.00 bits per heavy atom. The van der Waals surface area contributed by atoms with E-state index in [2.05, 4.69) is 20.3 Å². The Hall–Kier alpha value is -2.71. The Labute approximate surface area is 120 Å². The molecule has 0 unspecified atom stereocenters. The standard InChI is InChI=1S/C12H16N6O3/c19-12(15-4-1-2-10-13-5-6-14-10)3-7-17-8-11(16-9-17)18(20)21/h5-6,8-9H,1-4,7H2,(H,13,14)(H,15,19). The average molecular weight is 292 g/mol. The number of H-pyrrole nitrogens is 1. The van der Waals surface area contributed by atoms with Crippen LogP contribution < -0.4 is 5.32 Å². The largest absolute Gasteiger partial charge is 0.381 e. The summed E-state index contributed by atoms with van der Waals surface area (Å²) in [5.41, 5.74) is 0. The number of hydrogen-bond donors (Lipinski definition) is 2. The molecule has 0 aliphatic rings. The highest BCUT2D eigenvalue weighted by atomic mass is 16.6. The molecule has 0 aliphatic heterocycles. The quantitative estimate of drug-likeness (QED) is 0.420. The molecule has 0 aliphatic carbocycles. The molecule has 21 heavy (non-hydrogen) atoms. The molecule has 0 saturated carbocycles. The van der Waals surface area contributed by atoms with Gasteiger partial charge in [-0.2, -0.15) is 0 Å². The zero-order chi connectivity index (χ0) is 15.1. The molecule has 0 saturated heterocycles. The topological polar surface area (TPSA) is 119 Å². The van der Waals surface area contributed by atoms with E-state index in [0.29, 0.717) is 13.1 Å². The number of carbonyl (C=O) groups is 1. The summed E-state index contributed by atoms with van der Waals surface area (Å²) in [7, 11) is 0. The zero-order valence-electron chi connectivity index (χ0n) is 11.4. The Morgan fingerprint density at radius 2 is 2.33 bits per heavy atom. The SMILES string of the molecule is O=C(CCn1cnc([N+](=O)[O-])c1)NCCCc1ncc[nH]1. The third-order valence-corrected chi connectivity index (χ3v) is 2.87. The van der Waals surface area contributed by atoms with Crippen molar-refractivity contribution in [3.05, 3.63) is 40.9 Å². The van der Waals surface area contributed by atoms with Gasteiger partial charge in [0.05, 0.1) is 0 Å². The maximum atomic E-state index is 11.6. The minimum absolute atomic E-state index is 0.0919. The molecule has 0 aromatic carbocycles. The number of nitro groups is 1. The van der Waals surface area contributed by atoms with Gasteiger partial charge in [0.2, 0.25) is 12.2 Å². The molecule has 2 rings (SSSR count). The summed E-state index contributed by atoms with van der Waals surface area (Å²) in [5.74, 6) is 0.592. The van der Waals surface area contributed by atoms with Crippen molar-refractivity contribution in [1.82, 2.24) is 24.8 Å². The van der Waals surface area contributed by atoms with Gasteiger partial charge in [0, 0.05) is 38.3 Å². The van der Waals surface area contributed by atoms with Crippen LogP contribution >= 0.6 is 0 Å². The average Bonchev–Trinajstić information content (AvgIpc) is 3.12. The van der Waals surface area contributed by atoms with Crippen molar-refractivity contribution in [3.8, 4) is 0 Å². The van der Waals surface area contributed by atoms with Crippen LogP contribution in [0, 0.1) is 10.1 Å². The van der Waals surface area contributed by atoms with Crippen molar-refractivity contribution < 1.29 is 9.72 Å². The predicted molar refractivity (Wildman–Crippen MR) is 73.4 cm³/mol. The Kier molecular flexibility index (Phi) is 5.02. The Bertz CT molecular complexity index is 592. The molecule has 0 spiro atoms. The van der Waals surface area contributed by atoms with Crippen molar-refractivity contribution in [2.24, 2.45) is 0 Å². The number of amides is 1. The summed E-state index contributed by atoms with van der Waals surface area (Å²) in [6, 6.07) is 0. The maximum absolute atomic E-state index is 11.6. The molecule has 0 radical (unpaired) electrons. The van der Waals surface area contributed by atoms with E-state index in [1.807, 2.05) is 0 Å². The van der Waals surface area contributed by atoms with E-state index in [4.69, 9.17) is 0 Å². The van der Waals surface area contributed by atoms with E-state index in [1.54, 1.807) is 12.4 Å². The van der Waals surface area contributed by atoms with Crippen LogP contribution in [0.1, 0.15) is 18.7 Å². The van der Waals surface area contributed by atoms with E-state index in [0.717, 1.165) is 18.7 Å². The van der Waals surface area contributed by atoms with Crippen LogP contribution in [-0.4, -0.2) is 36.9 Å². The molecule has 9 heteroatoms. The van der Waals surface area contributed by atoms with Gasteiger partial charge in [-0.15, -0.1) is 0 Å². The first-order valence-corrected chi connectivity index (χ1v) is 6.56.